The van der Waals surface area contributed by atoms with E-state index in [2.05, 4.69) is 27.1 Å². The molecule has 1 aliphatic heterocycles. The van der Waals surface area contributed by atoms with E-state index in [1.54, 1.807) is 0 Å². The summed E-state index contributed by atoms with van der Waals surface area (Å²) in [6, 6.07) is 1.95. The summed E-state index contributed by atoms with van der Waals surface area (Å²) in [4.78, 5) is 22.6. The maximum absolute atomic E-state index is 12.7. The molecule has 3 rings (SSSR count). The predicted molar refractivity (Wildman–Crippen MR) is 97.7 cm³/mol. The quantitative estimate of drug-likeness (QED) is 0.832. The number of likely N-dealkylation sites (tertiary alicyclic amines) is 1. The fourth-order valence-electron chi connectivity index (χ4n) is 3.01. The molecule has 9 heteroatoms. The van der Waals surface area contributed by atoms with Crippen LogP contribution in [0.3, 0.4) is 0 Å². The zero-order valence-electron chi connectivity index (χ0n) is 15.1. The van der Waals surface area contributed by atoms with Crippen molar-refractivity contribution in [1.29, 1.82) is 0 Å². The van der Waals surface area contributed by atoms with Gasteiger partial charge in [0.15, 0.2) is 5.13 Å². The number of carbonyl (C=O) groups is 1. The molecule has 27 heavy (non-hydrogen) atoms. The van der Waals surface area contributed by atoms with Crippen molar-refractivity contribution >= 4 is 22.4 Å². The average Bonchev–Trinajstić information content (AvgIpc) is 3.03. The highest BCUT2D eigenvalue weighted by Crippen LogP contribution is 2.28. The van der Waals surface area contributed by atoms with E-state index in [0.29, 0.717) is 5.13 Å². The van der Waals surface area contributed by atoms with Crippen LogP contribution in [0.2, 0.25) is 0 Å². The lowest BCUT2D eigenvalue weighted by molar-refractivity contribution is -0.141. The summed E-state index contributed by atoms with van der Waals surface area (Å²) in [7, 11) is 0. The maximum Gasteiger partial charge on any atom is 0.433 e. The molecule has 1 fully saturated rings. The zero-order chi connectivity index (χ0) is 19.6. The van der Waals surface area contributed by atoms with Gasteiger partial charge in [0.05, 0.1) is 17.0 Å². The lowest BCUT2D eigenvalue weighted by Crippen LogP contribution is -2.32. The number of anilines is 1. The van der Waals surface area contributed by atoms with Crippen molar-refractivity contribution in [3.05, 3.63) is 40.2 Å². The van der Waals surface area contributed by atoms with Gasteiger partial charge in [0, 0.05) is 11.9 Å². The number of thiazole rings is 1. The van der Waals surface area contributed by atoms with Crippen LogP contribution in [0.1, 0.15) is 47.2 Å². The summed E-state index contributed by atoms with van der Waals surface area (Å²) < 4.78 is 38.1. The molecule has 0 radical (unpaired) electrons. The van der Waals surface area contributed by atoms with Gasteiger partial charge >= 0.3 is 6.18 Å². The lowest BCUT2D eigenvalue weighted by Gasteiger charge is -2.29. The number of hydrogen-bond acceptors (Lipinski definition) is 5. The van der Waals surface area contributed by atoms with Crippen LogP contribution in [-0.2, 0) is 12.7 Å². The van der Waals surface area contributed by atoms with E-state index < -0.39 is 17.8 Å². The number of aromatic nitrogens is 2. The highest BCUT2D eigenvalue weighted by atomic mass is 32.1. The zero-order valence-corrected chi connectivity index (χ0v) is 16.0. The smallest absolute Gasteiger partial charge is 0.298 e. The number of rotatable bonds is 4. The van der Waals surface area contributed by atoms with Crippen LogP contribution in [0.5, 0.6) is 0 Å². The Morgan fingerprint density at radius 2 is 2.00 bits per heavy atom. The predicted octanol–water partition coefficient (Wildman–Crippen LogP) is 4.35. The summed E-state index contributed by atoms with van der Waals surface area (Å²) >= 11 is 1.30. The van der Waals surface area contributed by atoms with Crippen LogP contribution < -0.4 is 5.32 Å². The molecule has 0 atom stereocenters. The van der Waals surface area contributed by atoms with E-state index in [4.69, 9.17) is 0 Å². The molecule has 146 valence electrons. The van der Waals surface area contributed by atoms with Gasteiger partial charge in [-0.25, -0.2) is 9.97 Å². The minimum Gasteiger partial charge on any atom is -0.298 e. The number of hydrogen-bond donors (Lipinski definition) is 1. The molecule has 1 amide bonds. The average molecular weight is 398 g/mol. The van der Waals surface area contributed by atoms with Gasteiger partial charge in [-0.2, -0.15) is 13.2 Å². The third-order valence-corrected chi connectivity index (χ3v) is 5.46. The molecule has 0 bridgehead atoms. The monoisotopic (exact) mass is 398 g/mol. The third kappa shape index (κ3) is 5.04. The molecule has 5 nitrogen and oxygen atoms in total. The van der Waals surface area contributed by atoms with Crippen molar-refractivity contribution < 1.29 is 18.0 Å². The molecule has 1 N–H and O–H groups in total. The Labute approximate surface area is 159 Å². The molecule has 0 aromatic carbocycles. The van der Waals surface area contributed by atoms with E-state index in [-0.39, 0.29) is 11.3 Å². The van der Waals surface area contributed by atoms with E-state index in [1.807, 2.05) is 5.38 Å². The Morgan fingerprint density at radius 3 is 2.63 bits per heavy atom. The topological polar surface area (TPSA) is 58.1 Å². The van der Waals surface area contributed by atoms with Gasteiger partial charge in [-0.3, -0.25) is 15.0 Å². The van der Waals surface area contributed by atoms with Gasteiger partial charge in [-0.05, 0) is 50.9 Å². The van der Waals surface area contributed by atoms with E-state index >= 15 is 0 Å². The van der Waals surface area contributed by atoms with Gasteiger partial charge < -0.3 is 0 Å². The number of piperidine rings is 1. The second kappa shape index (κ2) is 7.93. The van der Waals surface area contributed by atoms with E-state index in [0.717, 1.165) is 43.4 Å². The Morgan fingerprint density at radius 1 is 1.30 bits per heavy atom. The van der Waals surface area contributed by atoms with Crippen molar-refractivity contribution in [3.8, 4) is 0 Å². The molecular weight excluding hydrogens is 377 g/mol. The van der Waals surface area contributed by atoms with E-state index in [1.165, 1.54) is 31.1 Å². The molecule has 0 spiro atoms. The number of aryl methyl sites for hydroxylation is 1. The first-order chi connectivity index (χ1) is 12.7. The Kier molecular flexibility index (Phi) is 5.81. The SMILES string of the molecule is Cc1nc(C(F)(F)F)ccc1C(=O)Nc1nc(CN2CCC(C)CC2)cs1. The fraction of sp³-hybridized carbons (Fsp3) is 0.500. The largest absolute Gasteiger partial charge is 0.433 e. The van der Waals surface area contributed by atoms with Gasteiger partial charge in [-0.1, -0.05) is 6.92 Å². The molecule has 0 saturated carbocycles. The standard InChI is InChI=1S/C18H21F3N4OS/c1-11-5-7-25(8-6-11)9-13-10-27-17(23-13)24-16(26)14-3-4-15(18(19,20)21)22-12(14)2/h3-4,10-11H,5-9H2,1-2H3,(H,23,24,26). The number of carbonyl (C=O) groups excluding carboxylic acids is 1. The van der Waals surface area contributed by atoms with Gasteiger partial charge in [0.25, 0.3) is 5.91 Å². The molecule has 0 unspecified atom stereocenters. The number of nitrogens with zero attached hydrogens (tertiary/aromatic N) is 3. The maximum atomic E-state index is 12.7. The molecule has 1 aliphatic rings. The van der Waals surface area contributed by atoms with Gasteiger partial charge in [0.2, 0.25) is 0 Å². The van der Waals surface area contributed by atoms with Crippen LogP contribution in [0.15, 0.2) is 17.5 Å². The Bertz CT molecular complexity index is 813. The third-order valence-electron chi connectivity index (χ3n) is 4.65. The second-order valence-electron chi connectivity index (χ2n) is 6.88. The summed E-state index contributed by atoms with van der Waals surface area (Å²) in [5.74, 6) is 0.244. The lowest BCUT2D eigenvalue weighted by atomic mass is 9.99. The molecule has 1 saturated heterocycles. The number of halogens is 3. The van der Waals surface area contributed by atoms with Crippen molar-refractivity contribution in [1.82, 2.24) is 14.9 Å². The second-order valence-corrected chi connectivity index (χ2v) is 7.74. The minimum atomic E-state index is -4.53. The summed E-state index contributed by atoms with van der Waals surface area (Å²) in [6.45, 7) is 6.45. The number of amides is 1. The highest BCUT2D eigenvalue weighted by Gasteiger charge is 2.33. The molecule has 2 aromatic heterocycles. The molecule has 2 aromatic rings. The minimum absolute atomic E-state index is 0.0292. The van der Waals surface area contributed by atoms with Crippen molar-refractivity contribution in [2.45, 2.75) is 39.4 Å². The molecular formula is C18H21F3N4OS. The molecule has 0 aliphatic carbocycles. The highest BCUT2D eigenvalue weighted by molar-refractivity contribution is 7.13. The summed E-state index contributed by atoms with van der Waals surface area (Å²) in [5.41, 5.74) is 0.00219. The first kappa shape index (κ1) is 19.8. The Balaban J connectivity index is 1.62. The van der Waals surface area contributed by atoms with Gasteiger partial charge in [0.1, 0.15) is 5.69 Å². The number of pyridine rings is 1. The fourth-order valence-corrected chi connectivity index (χ4v) is 3.71. The Hall–Kier alpha value is -2.00. The summed E-state index contributed by atoms with van der Waals surface area (Å²) in [5, 5.41) is 4.98. The van der Waals surface area contributed by atoms with Crippen LogP contribution >= 0.6 is 11.3 Å². The van der Waals surface area contributed by atoms with Crippen LogP contribution in [0.25, 0.3) is 0 Å². The van der Waals surface area contributed by atoms with E-state index in [9.17, 15) is 18.0 Å². The normalized spacial score (nSPS) is 16.5. The van der Waals surface area contributed by atoms with Gasteiger partial charge in [-0.15, -0.1) is 11.3 Å². The van der Waals surface area contributed by atoms with Crippen LogP contribution in [-0.4, -0.2) is 33.9 Å². The van der Waals surface area contributed by atoms with Crippen molar-refractivity contribution in [2.75, 3.05) is 18.4 Å². The first-order valence-corrected chi connectivity index (χ1v) is 9.63. The molecule has 3 heterocycles. The van der Waals surface area contributed by atoms with Crippen LogP contribution in [0.4, 0.5) is 18.3 Å². The first-order valence-electron chi connectivity index (χ1n) is 8.75. The van der Waals surface area contributed by atoms with Crippen molar-refractivity contribution in [3.63, 3.8) is 0 Å². The summed E-state index contributed by atoms with van der Waals surface area (Å²) in [6.07, 6.45) is -2.18. The number of alkyl halides is 3. The number of nitrogens with one attached hydrogen (secondary N) is 1. The van der Waals surface area contributed by atoms with Crippen LogP contribution in [0, 0.1) is 12.8 Å². The van der Waals surface area contributed by atoms with Crippen molar-refractivity contribution in [2.24, 2.45) is 5.92 Å².